The van der Waals surface area contributed by atoms with Gasteiger partial charge < -0.3 is 15.0 Å². The number of amides is 1. The predicted molar refractivity (Wildman–Crippen MR) is 124 cm³/mol. The second kappa shape index (κ2) is 9.80. The molecule has 2 aromatic heterocycles. The molecule has 0 saturated heterocycles. The summed E-state index contributed by atoms with van der Waals surface area (Å²) in [6.45, 7) is 1.93. The van der Waals surface area contributed by atoms with Crippen molar-refractivity contribution in [3.05, 3.63) is 83.8 Å². The molecule has 7 nitrogen and oxygen atoms in total. The van der Waals surface area contributed by atoms with Crippen molar-refractivity contribution in [3.8, 4) is 11.3 Å². The van der Waals surface area contributed by atoms with Crippen molar-refractivity contribution in [1.29, 1.82) is 0 Å². The summed E-state index contributed by atoms with van der Waals surface area (Å²) in [6, 6.07) is 11.3. The van der Waals surface area contributed by atoms with Gasteiger partial charge in [0, 0.05) is 23.5 Å². The van der Waals surface area contributed by atoms with Gasteiger partial charge in [0.2, 0.25) is 5.91 Å². The lowest BCUT2D eigenvalue weighted by Gasteiger charge is -2.08. The molecule has 0 spiro atoms. The Morgan fingerprint density at radius 3 is 2.60 bits per heavy atom. The van der Waals surface area contributed by atoms with Crippen molar-refractivity contribution in [2.75, 3.05) is 11.9 Å². The number of hydrogen-bond donors (Lipinski definition) is 2. The molecule has 0 saturated carbocycles. The van der Waals surface area contributed by atoms with Crippen LogP contribution in [0.5, 0.6) is 0 Å². The Morgan fingerprint density at radius 2 is 1.89 bits per heavy atom. The van der Waals surface area contributed by atoms with Crippen LogP contribution >= 0.6 is 0 Å². The molecule has 10 heteroatoms. The molecule has 0 aliphatic rings. The lowest BCUT2D eigenvalue weighted by Crippen LogP contribution is -2.08. The maximum atomic E-state index is 12.7. The molecule has 178 valence electrons. The largest absolute Gasteiger partial charge is 0.462 e. The third kappa shape index (κ3) is 5.37. The van der Waals surface area contributed by atoms with Crippen LogP contribution in [0.3, 0.4) is 0 Å². The van der Waals surface area contributed by atoms with Crippen LogP contribution in [-0.4, -0.2) is 33.4 Å². The first-order chi connectivity index (χ1) is 16.8. The molecule has 2 N–H and O–H groups in total. The SMILES string of the molecule is CCOC(=O)c1c[nH]c2ncnc(-c3cccc(NC(=O)/C=C/c4ccc(C(F)(F)F)cc4)c3)c12. The number of carbonyl (C=O) groups is 2. The van der Waals surface area contributed by atoms with Gasteiger partial charge in [-0.2, -0.15) is 13.2 Å². The van der Waals surface area contributed by atoms with Crippen molar-refractivity contribution in [3.63, 3.8) is 0 Å². The number of rotatable bonds is 6. The van der Waals surface area contributed by atoms with Gasteiger partial charge >= 0.3 is 12.1 Å². The van der Waals surface area contributed by atoms with Crippen molar-refractivity contribution in [2.45, 2.75) is 13.1 Å². The lowest BCUT2D eigenvalue weighted by atomic mass is 10.1. The van der Waals surface area contributed by atoms with E-state index in [-0.39, 0.29) is 6.61 Å². The fraction of sp³-hybridized carbons (Fsp3) is 0.120. The van der Waals surface area contributed by atoms with E-state index in [1.165, 1.54) is 36.8 Å². The minimum absolute atomic E-state index is 0.218. The van der Waals surface area contributed by atoms with E-state index >= 15 is 0 Å². The normalized spacial score (nSPS) is 11.7. The summed E-state index contributed by atoms with van der Waals surface area (Å²) in [5.74, 6) is -0.976. The predicted octanol–water partition coefficient (Wildman–Crippen LogP) is 5.47. The zero-order chi connectivity index (χ0) is 25.0. The molecule has 0 aliphatic carbocycles. The highest BCUT2D eigenvalue weighted by molar-refractivity contribution is 6.08. The average molecular weight is 480 g/mol. The van der Waals surface area contributed by atoms with Crippen molar-refractivity contribution >= 4 is 34.7 Å². The molecule has 4 rings (SSSR count). The van der Waals surface area contributed by atoms with E-state index in [0.29, 0.717) is 39.1 Å². The number of carbonyl (C=O) groups excluding carboxylic acids is 2. The van der Waals surface area contributed by atoms with Crippen LogP contribution < -0.4 is 5.32 Å². The second-order valence-electron chi connectivity index (χ2n) is 7.39. The average Bonchev–Trinajstić information content (AvgIpc) is 3.27. The monoisotopic (exact) mass is 480 g/mol. The Labute approximate surface area is 197 Å². The van der Waals surface area contributed by atoms with Crippen molar-refractivity contribution in [2.24, 2.45) is 0 Å². The molecule has 0 fully saturated rings. The summed E-state index contributed by atoms with van der Waals surface area (Å²) in [7, 11) is 0. The number of aromatic nitrogens is 3. The molecule has 2 aromatic carbocycles. The molecule has 2 heterocycles. The summed E-state index contributed by atoms with van der Waals surface area (Å²) in [4.78, 5) is 36.2. The van der Waals surface area contributed by atoms with E-state index in [4.69, 9.17) is 4.74 Å². The third-order valence-corrected chi connectivity index (χ3v) is 5.03. The van der Waals surface area contributed by atoms with Crippen LogP contribution in [0.15, 0.2) is 67.1 Å². The Bertz CT molecular complexity index is 1410. The van der Waals surface area contributed by atoms with Gasteiger partial charge in [-0.05, 0) is 42.8 Å². The van der Waals surface area contributed by atoms with Gasteiger partial charge in [-0.3, -0.25) is 4.79 Å². The van der Waals surface area contributed by atoms with Crippen LogP contribution in [0, 0.1) is 0 Å². The summed E-state index contributed by atoms with van der Waals surface area (Å²) in [5, 5.41) is 3.21. The van der Waals surface area contributed by atoms with Gasteiger partial charge in [-0.1, -0.05) is 24.3 Å². The summed E-state index contributed by atoms with van der Waals surface area (Å²) >= 11 is 0. The fourth-order valence-electron chi connectivity index (χ4n) is 3.43. The van der Waals surface area contributed by atoms with Crippen LogP contribution in [0.2, 0.25) is 0 Å². The summed E-state index contributed by atoms with van der Waals surface area (Å²) in [5.41, 5.74) is 2.03. The smallest absolute Gasteiger partial charge is 0.416 e. The lowest BCUT2D eigenvalue weighted by molar-refractivity contribution is -0.137. The van der Waals surface area contributed by atoms with Gasteiger partial charge in [0.05, 0.1) is 28.8 Å². The number of esters is 1. The minimum atomic E-state index is -4.42. The van der Waals surface area contributed by atoms with Gasteiger partial charge in [0.25, 0.3) is 0 Å². The maximum absolute atomic E-state index is 12.7. The minimum Gasteiger partial charge on any atom is -0.462 e. The number of halogens is 3. The first-order valence-electron chi connectivity index (χ1n) is 10.5. The van der Waals surface area contributed by atoms with Crippen molar-refractivity contribution < 1.29 is 27.5 Å². The van der Waals surface area contributed by atoms with E-state index < -0.39 is 23.6 Å². The molecule has 0 bridgehead atoms. The quantitative estimate of drug-likeness (QED) is 0.282. The van der Waals surface area contributed by atoms with Crippen LogP contribution in [0.1, 0.15) is 28.4 Å². The Hall–Kier alpha value is -4.47. The first kappa shape index (κ1) is 23.7. The molecular formula is C25H19F3N4O3. The maximum Gasteiger partial charge on any atom is 0.416 e. The van der Waals surface area contributed by atoms with Crippen molar-refractivity contribution in [1.82, 2.24) is 15.0 Å². The van der Waals surface area contributed by atoms with E-state index in [2.05, 4.69) is 20.3 Å². The van der Waals surface area contributed by atoms with Gasteiger partial charge in [0.15, 0.2) is 0 Å². The van der Waals surface area contributed by atoms with Crippen LogP contribution in [0.25, 0.3) is 28.4 Å². The van der Waals surface area contributed by atoms with E-state index in [1.807, 2.05) is 0 Å². The van der Waals surface area contributed by atoms with Crippen LogP contribution in [0.4, 0.5) is 18.9 Å². The number of alkyl halides is 3. The molecule has 0 unspecified atom stereocenters. The molecule has 4 aromatic rings. The number of hydrogen-bond acceptors (Lipinski definition) is 5. The Kier molecular flexibility index (Phi) is 6.63. The summed E-state index contributed by atoms with van der Waals surface area (Å²) in [6.07, 6.45) is 1.10. The van der Waals surface area contributed by atoms with Gasteiger partial charge in [-0.25, -0.2) is 14.8 Å². The highest BCUT2D eigenvalue weighted by Gasteiger charge is 2.29. The number of nitrogens with one attached hydrogen (secondary N) is 2. The van der Waals surface area contributed by atoms with Crippen LogP contribution in [-0.2, 0) is 15.7 Å². The second-order valence-corrected chi connectivity index (χ2v) is 7.39. The van der Waals surface area contributed by atoms with E-state index in [1.54, 1.807) is 31.2 Å². The standard InChI is InChI=1S/C25H19F3N4O3/c1-2-35-24(34)19-13-29-23-21(19)22(30-14-31-23)16-4-3-5-18(12-16)32-20(33)11-8-15-6-9-17(10-7-15)25(26,27)28/h3-14H,2H2,1H3,(H,32,33)(H,29,30,31)/b11-8+. The molecule has 0 atom stereocenters. The third-order valence-electron chi connectivity index (χ3n) is 5.03. The molecular weight excluding hydrogens is 461 g/mol. The number of anilines is 1. The number of benzene rings is 2. The number of nitrogens with zero attached hydrogens (tertiary/aromatic N) is 2. The fourth-order valence-corrected chi connectivity index (χ4v) is 3.43. The zero-order valence-electron chi connectivity index (χ0n) is 18.4. The number of aromatic amines is 1. The van der Waals surface area contributed by atoms with E-state index in [9.17, 15) is 22.8 Å². The molecule has 1 amide bonds. The van der Waals surface area contributed by atoms with Gasteiger partial charge in [0.1, 0.15) is 12.0 Å². The first-order valence-corrected chi connectivity index (χ1v) is 10.5. The topological polar surface area (TPSA) is 97.0 Å². The molecule has 35 heavy (non-hydrogen) atoms. The zero-order valence-corrected chi connectivity index (χ0v) is 18.4. The number of H-pyrrole nitrogens is 1. The van der Waals surface area contributed by atoms with Gasteiger partial charge in [-0.15, -0.1) is 0 Å². The Balaban J connectivity index is 1.54. The highest BCUT2D eigenvalue weighted by atomic mass is 19.4. The summed E-state index contributed by atoms with van der Waals surface area (Å²) < 4.78 is 43.2. The number of fused-ring (bicyclic) bond motifs is 1. The Morgan fingerprint density at radius 1 is 1.11 bits per heavy atom. The highest BCUT2D eigenvalue weighted by Crippen LogP contribution is 2.31. The molecule has 0 radical (unpaired) electrons. The number of ether oxygens (including phenoxy) is 1. The molecule has 0 aliphatic heterocycles. The van der Waals surface area contributed by atoms with E-state index in [0.717, 1.165) is 12.1 Å².